The van der Waals surface area contributed by atoms with E-state index in [2.05, 4.69) is 37.2 Å². The molecule has 0 heterocycles. The molecule has 1 N–H and O–H groups in total. The molecule has 22 heavy (non-hydrogen) atoms. The van der Waals surface area contributed by atoms with Crippen LogP contribution in [0.2, 0.25) is 0 Å². The highest BCUT2D eigenvalue weighted by Crippen LogP contribution is 2.33. The summed E-state index contributed by atoms with van der Waals surface area (Å²) in [7, 11) is 1.56. The van der Waals surface area contributed by atoms with E-state index < -0.39 is 0 Å². The largest absolute Gasteiger partial charge is 0.495 e. The Bertz CT molecular complexity index is 715. The first kappa shape index (κ1) is 16.7. The standard InChI is InChI=1S/C16H12Br2FNO2/c1-22-16-10(8-11(17)9-14(16)18)2-7-15(21)20-13-5-3-12(19)4-6-13/h2-9H,1H3,(H,20,21)/b7-2+. The third-order valence-corrected chi connectivity index (χ3v) is 3.81. The summed E-state index contributed by atoms with van der Waals surface area (Å²) in [4.78, 5) is 11.9. The zero-order valence-electron chi connectivity index (χ0n) is 11.6. The number of anilines is 1. The van der Waals surface area contributed by atoms with Gasteiger partial charge in [0, 0.05) is 21.8 Å². The second-order valence-corrected chi connectivity index (χ2v) is 6.11. The number of carbonyl (C=O) groups excluding carboxylic acids is 1. The molecule has 3 nitrogen and oxygen atoms in total. The van der Waals surface area contributed by atoms with E-state index in [9.17, 15) is 9.18 Å². The van der Waals surface area contributed by atoms with Crippen molar-refractivity contribution in [2.45, 2.75) is 0 Å². The monoisotopic (exact) mass is 427 g/mol. The summed E-state index contributed by atoms with van der Waals surface area (Å²) < 4.78 is 19.7. The third-order valence-electron chi connectivity index (χ3n) is 2.77. The Hall–Kier alpha value is -1.66. The number of halogens is 3. The van der Waals surface area contributed by atoms with E-state index in [0.29, 0.717) is 11.4 Å². The van der Waals surface area contributed by atoms with E-state index in [-0.39, 0.29) is 11.7 Å². The van der Waals surface area contributed by atoms with Crippen molar-refractivity contribution in [1.82, 2.24) is 0 Å². The summed E-state index contributed by atoms with van der Waals surface area (Å²) in [5.41, 5.74) is 1.27. The lowest BCUT2D eigenvalue weighted by molar-refractivity contribution is -0.111. The van der Waals surface area contributed by atoms with Gasteiger partial charge in [0.05, 0.1) is 11.6 Å². The van der Waals surface area contributed by atoms with E-state index in [4.69, 9.17) is 4.74 Å². The Kier molecular flexibility index (Phi) is 5.74. The first-order chi connectivity index (χ1) is 10.5. The van der Waals surface area contributed by atoms with Crippen LogP contribution in [0.4, 0.5) is 10.1 Å². The molecule has 0 saturated heterocycles. The van der Waals surface area contributed by atoms with Gasteiger partial charge in [0.25, 0.3) is 0 Å². The molecule has 1 amide bonds. The molecule has 0 bridgehead atoms. The zero-order chi connectivity index (χ0) is 16.1. The summed E-state index contributed by atoms with van der Waals surface area (Å²) in [5.74, 6) is -0.0314. The fraction of sp³-hybridized carbons (Fsp3) is 0.0625. The molecule has 2 aromatic carbocycles. The fourth-order valence-corrected chi connectivity index (χ4v) is 3.22. The summed E-state index contributed by atoms with van der Waals surface area (Å²) in [6.45, 7) is 0. The molecule has 0 spiro atoms. The number of hydrogen-bond acceptors (Lipinski definition) is 2. The Morgan fingerprint density at radius 1 is 1.23 bits per heavy atom. The molecule has 0 atom stereocenters. The van der Waals surface area contributed by atoms with E-state index in [1.165, 1.54) is 30.3 Å². The van der Waals surface area contributed by atoms with Gasteiger partial charge in [-0.3, -0.25) is 4.79 Å². The van der Waals surface area contributed by atoms with Gasteiger partial charge in [-0.25, -0.2) is 4.39 Å². The first-order valence-electron chi connectivity index (χ1n) is 6.27. The lowest BCUT2D eigenvalue weighted by atomic mass is 10.2. The maximum atomic E-state index is 12.8. The van der Waals surface area contributed by atoms with Crippen molar-refractivity contribution >= 4 is 49.5 Å². The number of methoxy groups -OCH3 is 1. The van der Waals surface area contributed by atoms with Crippen LogP contribution in [0.3, 0.4) is 0 Å². The average Bonchev–Trinajstić information content (AvgIpc) is 2.47. The normalized spacial score (nSPS) is 10.7. The number of carbonyl (C=O) groups is 1. The minimum absolute atomic E-state index is 0.315. The quantitative estimate of drug-likeness (QED) is 0.695. The minimum Gasteiger partial charge on any atom is -0.495 e. The molecule has 0 saturated carbocycles. The lowest BCUT2D eigenvalue weighted by Crippen LogP contribution is -2.07. The van der Waals surface area contributed by atoms with E-state index >= 15 is 0 Å². The topological polar surface area (TPSA) is 38.3 Å². The smallest absolute Gasteiger partial charge is 0.248 e. The second kappa shape index (κ2) is 7.56. The molecular weight excluding hydrogens is 417 g/mol. The number of benzene rings is 2. The van der Waals surface area contributed by atoms with Gasteiger partial charge in [0.2, 0.25) is 5.91 Å². The Morgan fingerprint density at radius 2 is 1.91 bits per heavy atom. The van der Waals surface area contributed by atoms with Gasteiger partial charge in [0.15, 0.2) is 0 Å². The minimum atomic E-state index is -0.350. The average molecular weight is 429 g/mol. The number of nitrogens with one attached hydrogen (secondary N) is 1. The Morgan fingerprint density at radius 3 is 2.55 bits per heavy atom. The summed E-state index contributed by atoms with van der Waals surface area (Å²) in [5, 5.41) is 2.65. The highest BCUT2D eigenvalue weighted by atomic mass is 79.9. The van der Waals surface area contributed by atoms with E-state index in [1.54, 1.807) is 13.2 Å². The van der Waals surface area contributed by atoms with Crippen molar-refractivity contribution in [3.63, 3.8) is 0 Å². The molecular formula is C16H12Br2FNO2. The zero-order valence-corrected chi connectivity index (χ0v) is 14.7. The molecule has 114 valence electrons. The van der Waals surface area contributed by atoms with Crippen LogP contribution in [0, 0.1) is 5.82 Å². The molecule has 6 heteroatoms. The van der Waals surface area contributed by atoms with Gasteiger partial charge >= 0.3 is 0 Å². The molecule has 0 aliphatic carbocycles. The van der Waals surface area contributed by atoms with E-state index in [0.717, 1.165) is 14.5 Å². The number of ether oxygens (including phenoxy) is 1. The fourth-order valence-electron chi connectivity index (χ4n) is 1.80. The van der Waals surface area contributed by atoms with Crippen LogP contribution in [-0.4, -0.2) is 13.0 Å². The van der Waals surface area contributed by atoms with Crippen LogP contribution in [-0.2, 0) is 4.79 Å². The molecule has 0 radical (unpaired) electrons. The van der Waals surface area contributed by atoms with Crippen molar-refractivity contribution in [2.75, 3.05) is 12.4 Å². The second-order valence-electron chi connectivity index (χ2n) is 4.34. The van der Waals surface area contributed by atoms with Crippen molar-refractivity contribution in [3.05, 3.63) is 62.8 Å². The number of rotatable bonds is 4. The molecule has 0 aliphatic heterocycles. The van der Waals surface area contributed by atoms with Crippen LogP contribution in [0.5, 0.6) is 5.75 Å². The van der Waals surface area contributed by atoms with Gasteiger partial charge in [0.1, 0.15) is 11.6 Å². The van der Waals surface area contributed by atoms with E-state index in [1.807, 2.05) is 12.1 Å². The van der Waals surface area contributed by atoms with Crippen LogP contribution in [0.1, 0.15) is 5.56 Å². The lowest BCUT2D eigenvalue weighted by Gasteiger charge is -2.08. The number of hydrogen-bond donors (Lipinski definition) is 1. The van der Waals surface area contributed by atoms with Gasteiger partial charge in [-0.1, -0.05) is 15.9 Å². The molecule has 0 fully saturated rings. The van der Waals surface area contributed by atoms with Gasteiger partial charge in [-0.15, -0.1) is 0 Å². The van der Waals surface area contributed by atoms with Crippen LogP contribution >= 0.6 is 31.9 Å². The first-order valence-corrected chi connectivity index (χ1v) is 7.86. The van der Waals surface area contributed by atoms with Crippen molar-refractivity contribution < 1.29 is 13.9 Å². The molecule has 0 unspecified atom stereocenters. The highest BCUT2D eigenvalue weighted by molar-refractivity contribution is 9.11. The summed E-state index contributed by atoms with van der Waals surface area (Å²) in [6.07, 6.45) is 3.04. The van der Waals surface area contributed by atoms with Crippen LogP contribution < -0.4 is 10.1 Å². The number of amides is 1. The Balaban J connectivity index is 2.14. The van der Waals surface area contributed by atoms with Crippen molar-refractivity contribution in [1.29, 1.82) is 0 Å². The van der Waals surface area contributed by atoms with Gasteiger partial charge in [-0.05, 0) is 58.4 Å². The molecule has 0 aromatic heterocycles. The molecule has 2 rings (SSSR count). The van der Waals surface area contributed by atoms with Gasteiger partial charge in [-0.2, -0.15) is 0 Å². The highest BCUT2D eigenvalue weighted by Gasteiger charge is 2.07. The maximum absolute atomic E-state index is 12.8. The Labute approximate surface area is 144 Å². The summed E-state index contributed by atoms with van der Waals surface area (Å²) >= 11 is 6.79. The van der Waals surface area contributed by atoms with Crippen LogP contribution in [0.25, 0.3) is 6.08 Å². The summed E-state index contributed by atoms with van der Waals surface area (Å²) in [6, 6.07) is 9.26. The maximum Gasteiger partial charge on any atom is 0.248 e. The van der Waals surface area contributed by atoms with Crippen LogP contribution in [0.15, 0.2) is 51.4 Å². The van der Waals surface area contributed by atoms with Crippen molar-refractivity contribution in [3.8, 4) is 5.75 Å². The molecule has 2 aromatic rings. The third kappa shape index (κ3) is 4.42. The predicted molar refractivity (Wildman–Crippen MR) is 92.5 cm³/mol. The van der Waals surface area contributed by atoms with Gasteiger partial charge < -0.3 is 10.1 Å². The van der Waals surface area contributed by atoms with Crippen molar-refractivity contribution in [2.24, 2.45) is 0 Å². The predicted octanol–water partition coefficient (Wildman–Crippen LogP) is 5.01. The molecule has 0 aliphatic rings. The SMILES string of the molecule is COc1c(Br)cc(Br)cc1/C=C/C(=O)Nc1ccc(F)cc1.